The number of hydrogen-bond acceptors (Lipinski definition) is 3. The van der Waals surface area contributed by atoms with E-state index >= 15 is 0 Å². The van der Waals surface area contributed by atoms with Crippen LogP contribution in [0.3, 0.4) is 0 Å². The van der Waals surface area contributed by atoms with Crippen LogP contribution in [0.25, 0.3) is 10.8 Å². The Morgan fingerprint density at radius 2 is 1.92 bits per heavy atom. The van der Waals surface area contributed by atoms with Crippen molar-refractivity contribution in [3.05, 3.63) is 71.7 Å². The number of aryl methyl sites for hydroxylation is 1. The molecule has 1 heterocycles. The summed E-state index contributed by atoms with van der Waals surface area (Å²) < 4.78 is 11.1. The van der Waals surface area contributed by atoms with Crippen LogP contribution in [0.1, 0.15) is 52.7 Å². The maximum atomic E-state index is 12.2. The van der Waals surface area contributed by atoms with E-state index < -0.39 is 0 Å². The first kappa shape index (κ1) is 18.7. The molecule has 0 amide bonds. The summed E-state index contributed by atoms with van der Waals surface area (Å²) in [5.41, 5.74) is 1.86. The second kappa shape index (κ2) is 9.04. The average Bonchev–Trinajstić information content (AvgIpc) is 3.11. The third kappa shape index (κ3) is 4.55. The van der Waals surface area contributed by atoms with Crippen LogP contribution in [0.4, 0.5) is 0 Å². The predicted octanol–water partition coefficient (Wildman–Crippen LogP) is 6.46. The first-order chi connectivity index (χ1) is 12.7. The normalized spacial score (nSPS) is 12.2. The Bertz CT molecular complexity index is 851. The van der Waals surface area contributed by atoms with Gasteiger partial charge in [-0.3, -0.25) is 0 Å². The molecule has 0 radical (unpaired) electrons. The van der Waals surface area contributed by atoms with E-state index in [4.69, 9.17) is 9.15 Å². The summed E-state index contributed by atoms with van der Waals surface area (Å²) in [6.45, 7) is 2.51. The predicted molar refractivity (Wildman–Crippen MR) is 108 cm³/mol. The van der Waals surface area contributed by atoms with Gasteiger partial charge >= 0.3 is 5.97 Å². The Balaban J connectivity index is 1.51. The Labute approximate surface area is 162 Å². The number of benzene rings is 2. The lowest BCUT2D eigenvalue weighted by Gasteiger charge is -2.09. The van der Waals surface area contributed by atoms with Gasteiger partial charge in [0.15, 0.2) is 0 Å². The first-order valence-electron chi connectivity index (χ1n) is 9.05. The minimum atomic E-state index is -0.281. The van der Waals surface area contributed by atoms with Crippen LogP contribution in [0.5, 0.6) is 0 Å². The van der Waals surface area contributed by atoms with E-state index in [1.54, 1.807) is 6.26 Å². The van der Waals surface area contributed by atoms with Gasteiger partial charge in [0.05, 0.1) is 23.3 Å². The van der Waals surface area contributed by atoms with Gasteiger partial charge in [0.2, 0.25) is 0 Å². The summed E-state index contributed by atoms with van der Waals surface area (Å²) in [5, 5.41) is 2.16. The number of fused-ring (bicyclic) bond motifs is 1. The summed E-state index contributed by atoms with van der Waals surface area (Å²) in [6.07, 6.45) is 5.79. The van der Waals surface area contributed by atoms with Crippen molar-refractivity contribution in [1.29, 1.82) is 0 Å². The van der Waals surface area contributed by atoms with Crippen molar-refractivity contribution in [3.63, 3.8) is 0 Å². The molecule has 0 N–H and O–H groups in total. The average molecular weight is 415 g/mol. The SMILES string of the molecule is CCCCc1ccc(C(=O)OCCC(Br)c2occ3ccccc23)cc1. The van der Waals surface area contributed by atoms with Crippen molar-refractivity contribution in [2.24, 2.45) is 0 Å². The summed E-state index contributed by atoms with van der Waals surface area (Å²) >= 11 is 3.64. The molecule has 136 valence electrons. The molecule has 0 bridgehead atoms. The minimum absolute atomic E-state index is 0.00613. The van der Waals surface area contributed by atoms with E-state index in [0.717, 1.165) is 29.4 Å². The molecule has 2 aromatic carbocycles. The van der Waals surface area contributed by atoms with Crippen LogP contribution in [0, 0.1) is 0 Å². The molecule has 1 atom stereocenters. The second-order valence-electron chi connectivity index (χ2n) is 6.38. The fourth-order valence-corrected chi connectivity index (χ4v) is 3.46. The number of carbonyl (C=O) groups is 1. The van der Waals surface area contributed by atoms with Crippen molar-refractivity contribution >= 4 is 32.7 Å². The van der Waals surface area contributed by atoms with Gasteiger partial charge in [-0.2, -0.15) is 0 Å². The zero-order valence-corrected chi connectivity index (χ0v) is 16.5. The smallest absolute Gasteiger partial charge is 0.338 e. The lowest BCUT2D eigenvalue weighted by atomic mass is 10.1. The summed E-state index contributed by atoms with van der Waals surface area (Å²) in [7, 11) is 0. The van der Waals surface area contributed by atoms with E-state index in [2.05, 4.69) is 22.9 Å². The molecule has 0 spiro atoms. The zero-order chi connectivity index (χ0) is 18.4. The standard InChI is InChI=1S/C22H23BrO3/c1-2-3-6-16-9-11-17(12-10-16)22(24)25-14-13-20(23)21-19-8-5-4-7-18(19)15-26-21/h4-5,7-12,15,20H,2-3,6,13-14H2,1H3. The third-order valence-electron chi connectivity index (χ3n) is 4.44. The van der Waals surface area contributed by atoms with Gasteiger partial charge in [-0.15, -0.1) is 0 Å². The largest absolute Gasteiger partial charge is 0.467 e. The molecular weight excluding hydrogens is 392 g/mol. The van der Waals surface area contributed by atoms with E-state index in [1.165, 1.54) is 12.0 Å². The number of alkyl halides is 1. The molecule has 4 heteroatoms. The van der Waals surface area contributed by atoms with Gasteiger partial charge in [0.1, 0.15) is 5.76 Å². The number of carbonyl (C=O) groups excluding carboxylic acids is 1. The van der Waals surface area contributed by atoms with Crippen molar-refractivity contribution in [1.82, 2.24) is 0 Å². The van der Waals surface area contributed by atoms with Crippen LogP contribution < -0.4 is 0 Å². The van der Waals surface area contributed by atoms with E-state index in [9.17, 15) is 4.79 Å². The fraction of sp³-hybridized carbons (Fsp3) is 0.318. The molecular formula is C22H23BrO3. The Morgan fingerprint density at radius 3 is 2.69 bits per heavy atom. The van der Waals surface area contributed by atoms with Gasteiger partial charge < -0.3 is 9.15 Å². The quantitative estimate of drug-likeness (QED) is 0.313. The highest BCUT2D eigenvalue weighted by Crippen LogP contribution is 2.33. The van der Waals surface area contributed by atoms with Gasteiger partial charge in [0.25, 0.3) is 0 Å². The van der Waals surface area contributed by atoms with Gasteiger partial charge in [-0.25, -0.2) is 4.79 Å². The lowest BCUT2D eigenvalue weighted by molar-refractivity contribution is 0.0499. The van der Waals surface area contributed by atoms with Crippen molar-refractivity contribution in [2.45, 2.75) is 37.4 Å². The monoisotopic (exact) mass is 414 g/mol. The maximum Gasteiger partial charge on any atom is 0.338 e. The van der Waals surface area contributed by atoms with Crippen LogP contribution >= 0.6 is 15.9 Å². The molecule has 1 unspecified atom stereocenters. The van der Waals surface area contributed by atoms with Crippen molar-refractivity contribution in [3.8, 4) is 0 Å². The summed E-state index contributed by atoms with van der Waals surface area (Å²) in [6, 6.07) is 15.7. The fourth-order valence-electron chi connectivity index (χ4n) is 2.92. The number of halogens is 1. The summed E-state index contributed by atoms with van der Waals surface area (Å²) in [5.74, 6) is 0.591. The number of ether oxygens (including phenoxy) is 1. The van der Waals surface area contributed by atoms with Crippen molar-refractivity contribution in [2.75, 3.05) is 6.61 Å². The highest BCUT2D eigenvalue weighted by molar-refractivity contribution is 9.09. The number of esters is 1. The van der Waals surface area contributed by atoms with E-state index in [-0.39, 0.29) is 10.8 Å². The Hall–Kier alpha value is -2.07. The molecule has 3 nitrogen and oxygen atoms in total. The molecule has 0 fully saturated rings. The molecule has 0 saturated heterocycles. The van der Waals surface area contributed by atoms with Crippen molar-refractivity contribution < 1.29 is 13.9 Å². The highest BCUT2D eigenvalue weighted by atomic mass is 79.9. The first-order valence-corrected chi connectivity index (χ1v) is 9.97. The van der Waals surface area contributed by atoms with Crippen LogP contribution in [0.15, 0.2) is 59.2 Å². The van der Waals surface area contributed by atoms with Gasteiger partial charge in [0, 0.05) is 17.2 Å². The number of hydrogen-bond donors (Lipinski definition) is 0. The van der Waals surface area contributed by atoms with Gasteiger partial charge in [-0.1, -0.05) is 65.7 Å². The van der Waals surface area contributed by atoms with E-state index in [0.29, 0.717) is 18.6 Å². The third-order valence-corrected chi connectivity index (χ3v) is 5.31. The molecule has 26 heavy (non-hydrogen) atoms. The molecule has 3 rings (SSSR count). The number of furan rings is 1. The molecule has 0 saturated carbocycles. The lowest BCUT2D eigenvalue weighted by Crippen LogP contribution is -2.08. The van der Waals surface area contributed by atoms with Crippen LogP contribution in [-0.4, -0.2) is 12.6 Å². The summed E-state index contributed by atoms with van der Waals surface area (Å²) in [4.78, 5) is 12.2. The topological polar surface area (TPSA) is 39.4 Å². The number of rotatable bonds is 8. The highest BCUT2D eigenvalue weighted by Gasteiger charge is 2.16. The van der Waals surface area contributed by atoms with Crippen LogP contribution in [-0.2, 0) is 11.2 Å². The van der Waals surface area contributed by atoms with E-state index in [1.807, 2.05) is 48.5 Å². The maximum absolute atomic E-state index is 12.2. The van der Waals surface area contributed by atoms with Gasteiger partial charge in [-0.05, 0) is 30.5 Å². The molecule has 0 aliphatic heterocycles. The second-order valence-corrected chi connectivity index (χ2v) is 7.49. The Morgan fingerprint density at radius 1 is 1.15 bits per heavy atom. The zero-order valence-electron chi connectivity index (χ0n) is 14.9. The Kier molecular flexibility index (Phi) is 6.51. The minimum Gasteiger partial charge on any atom is -0.467 e. The number of unbranched alkanes of at least 4 members (excludes halogenated alkanes) is 1. The van der Waals surface area contributed by atoms with Crippen LogP contribution in [0.2, 0.25) is 0 Å². The molecule has 1 aromatic heterocycles. The molecule has 0 aliphatic carbocycles. The molecule has 3 aromatic rings. The molecule has 0 aliphatic rings.